The molecule has 0 saturated carbocycles. The number of nitrogens with one attached hydrogen (secondary N) is 3. The second-order valence-electron chi connectivity index (χ2n) is 8.00. The van der Waals surface area contributed by atoms with Gasteiger partial charge < -0.3 is 30.5 Å². The minimum absolute atomic E-state index is 0.0323. The van der Waals surface area contributed by atoms with Crippen molar-refractivity contribution in [2.45, 2.75) is 19.4 Å². The van der Waals surface area contributed by atoms with Crippen LogP contribution in [0.3, 0.4) is 0 Å². The summed E-state index contributed by atoms with van der Waals surface area (Å²) in [5.74, 6) is -1.31. The number of aromatic carboxylic acids is 1. The number of methoxy groups -OCH3 is 1. The number of benzene rings is 3. The van der Waals surface area contributed by atoms with Gasteiger partial charge in [-0.3, -0.25) is 4.79 Å². The Morgan fingerprint density at radius 1 is 1.00 bits per heavy atom. The molecule has 0 unspecified atom stereocenters. The van der Waals surface area contributed by atoms with Gasteiger partial charge in [0.15, 0.2) is 0 Å². The van der Waals surface area contributed by atoms with E-state index in [1.54, 1.807) is 31.2 Å². The van der Waals surface area contributed by atoms with Crippen LogP contribution in [0.4, 0.5) is 20.6 Å². The summed E-state index contributed by atoms with van der Waals surface area (Å²) in [5, 5.41) is 17.0. The van der Waals surface area contributed by atoms with Crippen LogP contribution in [0.25, 0.3) is 0 Å². The number of carboxylic acid groups (broad SMARTS) is 1. The van der Waals surface area contributed by atoms with Crippen molar-refractivity contribution in [3.8, 4) is 11.5 Å². The monoisotopic (exact) mass is 529 g/mol. The van der Waals surface area contributed by atoms with E-state index in [0.717, 1.165) is 0 Å². The van der Waals surface area contributed by atoms with E-state index in [9.17, 15) is 18.8 Å². The lowest BCUT2D eigenvalue weighted by Crippen LogP contribution is -2.37. The first-order chi connectivity index (χ1) is 17.7. The molecule has 37 heavy (non-hydrogen) atoms. The molecule has 0 fully saturated rings. The molecule has 3 aromatic rings. The van der Waals surface area contributed by atoms with Gasteiger partial charge in [-0.05, 0) is 55.0 Å². The van der Waals surface area contributed by atoms with Gasteiger partial charge in [-0.15, -0.1) is 0 Å². The predicted molar refractivity (Wildman–Crippen MR) is 137 cm³/mol. The molecule has 0 saturated heterocycles. The highest BCUT2D eigenvalue weighted by molar-refractivity contribution is 6.32. The van der Waals surface area contributed by atoms with E-state index in [0.29, 0.717) is 22.7 Å². The molecule has 3 rings (SSSR count). The standard InChI is InChI=1S/C26H25ClFN3O6/c1-15(14-37-22-10-8-17(25(33)34)13-18(22)27)29-24(32)12-16-7-9-21(23(11-16)36-2)31-26(35)30-20-6-4-3-5-19(20)28/h3-11,13,15H,12,14H2,1-2H3,(H,29,32)(H,33,34)(H2,30,31,35)/t15-/m0/s1. The number of ether oxygens (including phenoxy) is 2. The Kier molecular flexibility index (Phi) is 9.28. The van der Waals surface area contributed by atoms with Crippen molar-refractivity contribution in [2.24, 2.45) is 0 Å². The molecule has 0 aliphatic heterocycles. The van der Waals surface area contributed by atoms with Crippen LogP contribution in [0, 0.1) is 5.82 Å². The second-order valence-corrected chi connectivity index (χ2v) is 8.41. The van der Waals surface area contributed by atoms with Gasteiger partial charge in [0.1, 0.15) is 23.9 Å². The van der Waals surface area contributed by atoms with E-state index in [2.05, 4.69) is 16.0 Å². The number of hydrogen-bond donors (Lipinski definition) is 4. The van der Waals surface area contributed by atoms with Gasteiger partial charge in [0.2, 0.25) is 5.91 Å². The van der Waals surface area contributed by atoms with E-state index in [1.165, 1.54) is 43.5 Å². The minimum atomic E-state index is -1.10. The lowest BCUT2D eigenvalue weighted by molar-refractivity contribution is -0.121. The number of carboxylic acids is 1. The maximum Gasteiger partial charge on any atom is 0.335 e. The zero-order valence-electron chi connectivity index (χ0n) is 20.0. The van der Waals surface area contributed by atoms with Gasteiger partial charge in [-0.2, -0.15) is 0 Å². The first-order valence-corrected chi connectivity index (χ1v) is 11.5. The number of urea groups is 1. The largest absolute Gasteiger partial charge is 0.495 e. The van der Waals surface area contributed by atoms with E-state index in [4.69, 9.17) is 26.2 Å². The second kappa shape index (κ2) is 12.6. The quantitative estimate of drug-likeness (QED) is 0.294. The molecule has 4 N–H and O–H groups in total. The molecule has 194 valence electrons. The summed E-state index contributed by atoms with van der Waals surface area (Å²) in [6.45, 7) is 1.86. The van der Waals surface area contributed by atoms with Gasteiger partial charge in [0, 0.05) is 0 Å². The normalized spacial score (nSPS) is 11.2. The van der Waals surface area contributed by atoms with E-state index >= 15 is 0 Å². The molecule has 0 aliphatic carbocycles. The van der Waals surface area contributed by atoms with Gasteiger partial charge in [0.05, 0.1) is 41.5 Å². The van der Waals surface area contributed by atoms with Crippen LogP contribution in [0.2, 0.25) is 5.02 Å². The van der Waals surface area contributed by atoms with Crippen LogP contribution in [-0.4, -0.2) is 42.8 Å². The van der Waals surface area contributed by atoms with Crippen LogP contribution in [-0.2, 0) is 11.2 Å². The smallest absolute Gasteiger partial charge is 0.335 e. The summed E-state index contributed by atoms with van der Waals surface area (Å²) >= 11 is 6.06. The first kappa shape index (κ1) is 27.3. The van der Waals surface area contributed by atoms with Crippen LogP contribution in [0.5, 0.6) is 11.5 Å². The molecule has 3 aromatic carbocycles. The Morgan fingerprint density at radius 3 is 2.41 bits per heavy atom. The number of amides is 3. The maximum atomic E-state index is 13.8. The SMILES string of the molecule is COc1cc(CC(=O)N[C@@H](C)COc2ccc(C(=O)O)cc2Cl)ccc1NC(=O)Nc1ccccc1F. The third-order valence-electron chi connectivity index (χ3n) is 5.08. The summed E-state index contributed by atoms with van der Waals surface area (Å²) in [6.07, 6.45) is 0.0382. The molecule has 0 spiro atoms. The number of carbonyl (C=O) groups is 3. The highest BCUT2D eigenvalue weighted by Gasteiger charge is 2.14. The third-order valence-corrected chi connectivity index (χ3v) is 5.37. The van der Waals surface area contributed by atoms with Crippen molar-refractivity contribution in [3.05, 3.63) is 82.6 Å². The van der Waals surface area contributed by atoms with Crippen molar-refractivity contribution in [1.82, 2.24) is 5.32 Å². The Bertz CT molecular complexity index is 1300. The number of rotatable bonds is 10. The number of halogens is 2. The Morgan fingerprint density at radius 2 is 1.73 bits per heavy atom. The topological polar surface area (TPSA) is 126 Å². The highest BCUT2D eigenvalue weighted by atomic mass is 35.5. The summed E-state index contributed by atoms with van der Waals surface area (Å²) in [4.78, 5) is 35.8. The van der Waals surface area contributed by atoms with E-state index in [1.807, 2.05) is 0 Å². The zero-order chi connectivity index (χ0) is 26.9. The number of para-hydroxylation sites is 1. The fraction of sp³-hybridized carbons (Fsp3) is 0.192. The van der Waals surface area contributed by atoms with Crippen LogP contribution in [0.1, 0.15) is 22.8 Å². The van der Waals surface area contributed by atoms with Crippen molar-refractivity contribution in [3.63, 3.8) is 0 Å². The average Bonchev–Trinajstić information content (AvgIpc) is 2.85. The van der Waals surface area contributed by atoms with Crippen molar-refractivity contribution in [2.75, 3.05) is 24.4 Å². The Balaban J connectivity index is 1.53. The fourth-order valence-corrected chi connectivity index (χ4v) is 3.54. The number of anilines is 2. The summed E-state index contributed by atoms with van der Waals surface area (Å²) in [5.41, 5.74) is 1.05. The molecule has 11 heteroatoms. The molecule has 0 radical (unpaired) electrons. The molecular weight excluding hydrogens is 505 g/mol. The predicted octanol–water partition coefficient (Wildman–Crippen LogP) is 4.96. The molecule has 1 atom stereocenters. The third kappa shape index (κ3) is 7.84. The van der Waals surface area contributed by atoms with Crippen molar-refractivity contribution < 1.29 is 33.4 Å². The number of hydrogen-bond acceptors (Lipinski definition) is 5. The lowest BCUT2D eigenvalue weighted by atomic mass is 10.1. The van der Waals surface area contributed by atoms with Gasteiger partial charge >= 0.3 is 12.0 Å². The Hall–Kier alpha value is -4.31. The van der Waals surface area contributed by atoms with Crippen LogP contribution < -0.4 is 25.4 Å². The lowest BCUT2D eigenvalue weighted by Gasteiger charge is -2.16. The van der Waals surface area contributed by atoms with Gasteiger partial charge in [0.25, 0.3) is 0 Å². The van der Waals surface area contributed by atoms with Crippen molar-refractivity contribution >= 4 is 40.9 Å². The summed E-state index contributed by atoms with van der Waals surface area (Å²) in [6, 6.07) is 13.7. The zero-order valence-corrected chi connectivity index (χ0v) is 20.8. The van der Waals surface area contributed by atoms with Gasteiger partial charge in [-0.1, -0.05) is 29.8 Å². The fourth-order valence-electron chi connectivity index (χ4n) is 3.31. The van der Waals surface area contributed by atoms with Crippen molar-refractivity contribution in [1.29, 1.82) is 0 Å². The van der Waals surface area contributed by atoms with E-state index < -0.39 is 17.8 Å². The Labute approximate surface area is 217 Å². The molecule has 0 heterocycles. The van der Waals surface area contributed by atoms with E-state index in [-0.39, 0.29) is 41.3 Å². The molecule has 0 aromatic heterocycles. The summed E-state index contributed by atoms with van der Waals surface area (Å²) in [7, 11) is 1.42. The number of carbonyl (C=O) groups excluding carboxylic acids is 2. The van der Waals surface area contributed by atoms with Crippen LogP contribution in [0.15, 0.2) is 60.7 Å². The maximum absolute atomic E-state index is 13.8. The average molecular weight is 530 g/mol. The molecule has 9 nitrogen and oxygen atoms in total. The highest BCUT2D eigenvalue weighted by Crippen LogP contribution is 2.27. The van der Waals surface area contributed by atoms with Gasteiger partial charge in [-0.25, -0.2) is 14.0 Å². The molecule has 3 amide bonds. The molecular formula is C26H25ClFN3O6. The minimum Gasteiger partial charge on any atom is -0.495 e. The summed E-state index contributed by atoms with van der Waals surface area (Å²) < 4.78 is 24.7. The van der Waals surface area contributed by atoms with Crippen LogP contribution >= 0.6 is 11.6 Å². The molecule has 0 bridgehead atoms. The first-order valence-electron chi connectivity index (χ1n) is 11.1. The molecule has 0 aliphatic rings.